The van der Waals surface area contributed by atoms with Crippen molar-refractivity contribution in [2.45, 2.75) is 58.0 Å². The first-order valence-electron chi connectivity index (χ1n) is 8.16. The maximum atomic E-state index is 11.7. The average molecular weight is 299 g/mol. The molecule has 2 unspecified atom stereocenters. The zero-order valence-electron chi connectivity index (χ0n) is 14.2. The van der Waals surface area contributed by atoms with E-state index in [-0.39, 0.29) is 11.9 Å². The van der Waals surface area contributed by atoms with Gasteiger partial charge in [0.25, 0.3) is 0 Å². The Morgan fingerprint density at radius 1 is 1.48 bits per heavy atom. The number of rotatable bonds is 10. The Balaban J connectivity index is 2.24. The predicted molar refractivity (Wildman–Crippen MR) is 86.1 cm³/mol. The lowest BCUT2D eigenvalue weighted by atomic mass is 9.93. The first-order valence-corrected chi connectivity index (χ1v) is 8.16. The Morgan fingerprint density at radius 3 is 2.76 bits per heavy atom. The minimum absolute atomic E-state index is 0.252. The molecule has 1 rings (SSSR count). The number of carbonyl (C=O) groups excluding carboxylic acids is 1. The Bertz CT molecular complexity index is 323. The van der Waals surface area contributed by atoms with Gasteiger partial charge in [0.1, 0.15) is 0 Å². The Labute approximate surface area is 129 Å². The van der Waals surface area contributed by atoms with Crippen LogP contribution < -0.4 is 11.1 Å². The van der Waals surface area contributed by atoms with Gasteiger partial charge in [0.05, 0.1) is 12.1 Å². The number of primary amides is 1. The lowest BCUT2D eigenvalue weighted by molar-refractivity contribution is -0.124. The number of hydrogen-bond acceptors (Lipinski definition) is 4. The van der Waals surface area contributed by atoms with E-state index < -0.39 is 5.54 Å². The fraction of sp³-hybridized carbons (Fsp3) is 0.938. The molecule has 0 aromatic carbocycles. The van der Waals surface area contributed by atoms with Crippen molar-refractivity contribution in [2.75, 3.05) is 33.4 Å². The number of methoxy groups -OCH3 is 1. The van der Waals surface area contributed by atoms with Crippen LogP contribution in [0.25, 0.3) is 0 Å². The van der Waals surface area contributed by atoms with E-state index in [2.05, 4.69) is 10.2 Å². The Hall–Kier alpha value is -0.650. The Morgan fingerprint density at radius 2 is 2.19 bits per heavy atom. The van der Waals surface area contributed by atoms with Crippen molar-refractivity contribution >= 4 is 5.91 Å². The molecule has 0 aromatic rings. The zero-order valence-corrected chi connectivity index (χ0v) is 14.2. The first-order chi connectivity index (χ1) is 9.87. The summed E-state index contributed by atoms with van der Waals surface area (Å²) in [4.78, 5) is 14.2. The third-order valence-electron chi connectivity index (χ3n) is 4.32. The van der Waals surface area contributed by atoms with Crippen LogP contribution in [-0.2, 0) is 9.53 Å². The second-order valence-electron chi connectivity index (χ2n) is 6.86. The van der Waals surface area contributed by atoms with Crippen molar-refractivity contribution < 1.29 is 9.53 Å². The van der Waals surface area contributed by atoms with E-state index >= 15 is 0 Å². The summed E-state index contributed by atoms with van der Waals surface area (Å²) < 4.78 is 5.22. The van der Waals surface area contributed by atoms with E-state index in [1.54, 1.807) is 7.11 Å². The molecule has 5 nitrogen and oxygen atoms in total. The second-order valence-corrected chi connectivity index (χ2v) is 6.86. The fourth-order valence-corrected chi connectivity index (χ4v) is 3.21. The van der Waals surface area contributed by atoms with Gasteiger partial charge in [0.15, 0.2) is 0 Å². The third kappa shape index (κ3) is 6.32. The van der Waals surface area contributed by atoms with Gasteiger partial charge in [-0.15, -0.1) is 0 Å². The number of amides is 1. The van der Waals surface area contributed by atoms with E-state index in [1.807, 2.05) is 20.8 Å². The number of hydrogen-bond donors (Lipinski definition) is 2. The molecule has 1 saturated heterocycles. The fourth-order valence-electron chi connectivity index (χ4n) is 3.21. The van der Waals surface area contributed by atoms with Crippen molar-refractivity contribution in [1.29, 1.82) is 0 Å². The van der Waals surface area contributed by atoms with E-state index in [0.29, 0.717) is 5.92 Å². The van der Waals surface area contributed by atoms with Crippen molar-refractivity contribution in [3.05, 3.63) is 0 Å². The van der Waals surface area contributed by atoms with Gasteiger partial charge in [0, 0.05) is 19.7 Å². The molecule has 1 aliphatic rings. The number of nitrogens with one attached hydrogen (secondary N) is 1. The Kier molecular flexibility index (Phi) is 7.63. The molecule has 0 radical (unpaired) electrons. The van der Waals surface area contributed by atoms with Gasteiger partial charge >= 0.3 is 0 Å². The average Bonchev–Trinajstić information content (AvgIpc) is 2.82. The minimum Gasteiger partial charge on any atom is -0.384 e. The van der Waals surface area contributed by atoms with Gasteiger partial charge in [-0.25, -0.2) is 0 Å². The molecule has 5 heteroatoms. The van der Waals surface area contributed by atoms with Crippen LogP contribution >= 0.6 is 0 Å². The van der Waals surface area contributed by atoms with Crippen LogP contribution in [0.2, 0.25) is 0 Å². The van der Waals surface area contributed by atoms with Gasteiger partial charge in [-0.05, 0) is 65.5 Å². The molecule has 1 amide bonds. The number of ether oxygens (including phenoxy) is 1. The molecule has 21 heavy (non-hydrogen) atoms. The second kappa shape index (κ2) is 8.71. The number of nitrogens with zero attached hydrogens (tertiary/aromatic N) is 1. The summed E-state index contributed by atoms with van der Waals surface area (Å²) in [6, 6.07) is 0.260. The van der Waals surface area contributed by atoms with Crippen LogP contribution in [0.15, 0.2) is 0 Å². The molecule has 1 fully saturated rings. The molecule has 1 heterocycles. The highest BCUT2D eigenvalue weighted by Gasteiger charge is 2.30. The number of likely N-dealkylation sites (tertiary alicyclic amines) is 1. The summed E-state index contributed by atoms with van der Waals surface area (Å²) in [5.74, 6) is 0.436. The highest BCUT2D eigenvalue weighted by molar-refractivity contribution is 5.84. The van der Waals surface area contributed by atoms with Gasteiger partial charge in [0.2, 0.25) is 5.91 Å². The molecule has 0 aliphatic carbocycles. The zero-order chi connectivity index (χ0) is 15.9. The molecule has 0 spiro atoms. The minimum atomic E-state index is -0.586. The van der Waals surface area contributed by atoms with Crippen molar-refractivity contribution in [2.24, 2.45) is 11.7 Å². The highest BCUT2D eigenvalue weighted by Crippen LogP contribution is 2.19. The maximum Gasteiger partial charge on any atom is 0.237 e. The van der Waals surface area contributed by atoms with Crippen LogP contribution in [0, 0.1) is 5.92 Å². The molecule has 2 atom stereocenters. The van der Waals surface area contributed by atoms with E-state index in [4.69, 9.17) is 10.5 Å². The van der Waals surface area contributed by atoms with E-state index in [9.17, 15) is 4.79 Å². The molecule has 124 valence electrons. The maximum absolute atomic E-state index is 11.7. The molecular weight excluding hydrogens is 266 g/mol. The summed E-state index contributed by atoms with van der Waals surface area (Å²) in [6.45, 7) is 10.3. The molecular formula is C16H33N3O2. The first kappa shape index (κ1) is 18.4. The lowest BCUT2D eigenvalue weighted by Crippen LogP contribution is -2.55. The monoisotopic (exact) mass is 299 g/mol. The SMILES string of the molecule is COCC1CCN(CCCCC(C)(NC(C)C)C(N)=O)C1. The van der Waals surface area contributed by atoms with E-state index in [0.717, 1.165) is 39.0 Å². The van der Waals surface area contributed by atoms with Crippen LogP contribution in [0.3, 0.4) is 0 Å². The smallest absolute Gasteiger partial charge is 0.237 e. The normalized spacial score (nSPS) is 22.6. The standard InChI is InChI=1S/C16H33N3O2/c1-13(2)18-16(3,15(17)20)8-5-6-9-19-10-7-14(11-19)12-21-4/h13-14,18H,5-12H2,1-4H3,(H2,17,20). The topological polar surface area (TPSA) is 67.6 Å². The van der Waals surface area contributed by atoms with Crippen molar-refractivity contribution in [3.8, 4) is 0 Å². The van der Waals surface area contributed by atoms with Crippen LogP contribution in [0.1, 0.15) is 46.5 Å². The number of unbranched alkanes of at least 4 members (excludes halogenated alkanes) is 1. The van der Waals surface area contributed by atoms with Gasteiger partial charge < -0.3 is 20.7 Å². The van der Waals surface area contributed by atoms with Gasteiger partial charge in [-0.1, -0.05) is 0 Å². The van der Waals surface area contributed by atoms with Crippen LogP contribution in [0.5, 0.6) is 0 Å². The molecule has 0 aromatic heterocycles. The van der Waals surface area contributed by atoms with E-state index in [1.165, 1.54) is 13.0 Å². The number of nitrogens with two attached hydrogens (primary N) is 1. The third-order valence-corrected chi connectivity index (χ3v) is 4.32. The molecule has 0 saturated carbocycles. The van der Waals surface area contributed by atoms with Crippen LogP contribution in [-0.4, -0.2) is 55.7 Å². The molecule has 1 aliphatic heterocycles. The predicted octanol–water partition coefficient (Wildman–Crippen LogP) is 1.37. The summed E-state index contributed by atoms with van der Waals surface area (Å²) in [7, 11) is 1.77. The van der Waals surface area contributed by atoms with Crippen molar-refractivity contribution in [1.82, 2.24) is 10.2 Å². The van der Waals surface area contributed by atoms with Crippen molar-refractivity contribution in [3.63, 3.8) is 0 Å². The van der Waals surface area contributed by atoms with Gasteiger partial charge in [-0.3, -0.25) is 4.79 Å². The molecule has 3 N–H and O–H groups in total. The van der Waals surface area contributed by atoms with Gasteiger partial charge in [-0.2, -0.15) is 0 Å². The quantitative estimate of drug-likeness (QED) is 0.598. The number of carbonyl (C=O) groups is 1. The summed E-state index contributed by atoms with van der Waals surface area (Å²) in [6.07, 6.45) is 4.17. The highest BCUT2D eigenvalue weighted by atomic mass is 16.5. The lowest BCUT2D eigenvalue weighted by Gasteiger charge is -2.30. The summed E-state index contributed by atoms with van der Waals surface area (Å²) >= 11 is 0. The van der Waals surface area contributed by atoms with Crippen LogP contribution in [0.4, 0.5) is 0 Å². The summed E-state index contributed by atoms with van der Waals surface area (Å²) in [5, 5.41) is 3.30. The largest absolute Gasteiger partial charge is 0.384 e. The molecule has 0 bridgehead atoms. The summed E-state index contributed by atoms with van der Waals surface area (Å²) in [5.41, 5.74) is 4.96.